The van der Waals surface area contributed by atoms with Crippen LogP contribution in [-0.4, -0.2) is 36.9 Å². The van der Waals surface area contributed by atoms with E-state index in [0.717, 1.165) is 16.3 Å². The molecule has 2 heterocycles. The first-order valence-electron chi connectivity index (χ1n) is 7.92. The second kappa shape index (κ2) is 7.03. The van der Waals surface area contributed by atoms with Gasteiger partial charge in [0.25, 0.3) is 0 Å². The van der Waals surface area contributed by atoms with Crippen LogP contribution < -0.4 is 5.32 Å². The van der Waals surface area contributed by atoms with Crippen LogP contribution in [0.4, 0.5) is 0 Å². The van der Waals surface area contributed by atoms with Gasteiger partial charge in [-0.25, -0.2) is 13.4 Å². The van der Waals surface area contributed by atoms with Gasteiger partial charge in [-0.1, -0.05) is 29.8 Å². The molecule has 1 amide bonds. The van der Waals surface area contributed by atoms with E-state index < -0.39 is 9.84 Å². The maximum atomic E-state index is 12.0. The Bertz CT molecular complexity index is 826. The molecule has 1 unspecified atom stereocenters. The van der Waals surface area contributed by atoms with Crippen LogP contribution >= 0.6 is 11.3 Å². The molecule has 1 fully saturated rings. The van der Waals surface area contributed by atoms with Crippen LogP contribution in [-0.2, 0) is 21.1 Å². The molecule has 1 aromatic heterocycles. The fourth-order valence-corrected chi connectivity index (χ4v) is 5.23. The quantitative estimate of drug-likeness (QED) is 0.884. The highest BCUT2D eigenvalue weighted by Crippen LogP contribution is 2.24. The Kier molecular flexibility index (Phi) is 5.01. The molecule has 1 N–H and O–H groups in total. The zero-order valence-electron chi connectivity index (χ0n) is 13.5. The van der Waals surface area contributed by atoms with Crippen molar-refractivity contribution in [2.45, 2.75) is 32.2 Å². The van der Waals surface area contributed by atoms with Crippen LogP contribution in [0.5, 0.6) is 0 Å². The van der Waals surface area contributed by atoms with Gasteiger partial charge in [0.1, 0.15) is 5.01 Å². The number of sulfone groups is 1. The number of aromatic nitrogens is 1. The average Bonchev–Trinajstić information content (AvgIpc) is 3.12. The van der Waals surface area contributed by atoms with Gasteiger partial charge >= 0.3 is 0 Å². The summed E-state index contributed by atoms with van der Waals surface area (Å²) in [6.45, 7) is 2.05. The van der Waals surface area contributed by atoms with E-state index in [2.05, 4.69) is 22.4 Å². The highest BCUT2D eigenvalue weighted by molar-refractivity contribution is 7.91. The maximum absolute atomic E-state index is 12.0. The topological polar surface area (TPSA) is 76.1 Å². The highest BCUT2D eigenvalue weighted by Gasteiger charge is 2.28. The summed E-state index contributed by atoms with van der Waals surface area (Å²) in [5, 5.41) is 5.73. The van der Waals surface area contributed by atoms with E-state index in [-0.39, 0.29) is 23.5 Å². The van der Waals surface area contributed by atoms with Crippen LogP contribution in [0.3, 0.4) is 0 Å². The fraction of sp³-hybridized carbons (Fsp3) is 0.412. The van der Waals surface area contributed by atoms with Crippen LogP contribution in [0.2, 0.25) is 0 Å². The van der Waals surface area contributed by atoms with E-state index in [4.69, 9.17) is 0 Å². The van der Waals surface area contributed by atoms with Gasteiger partial charge in [0.15, 0.2) is 9.84 Å². The number of thiazole rings is 1. The Morgan fingerprint density at radius 2 is 2.08 bits per heavy atom. The van der Waals surface area contributed by atoms with Crippen molar-refractivity contribution in [2.24, 2.45) is 0 Å². The molecule has 0 spiro atoms. The average molecular weight is 364 g/mol. The van der Waals surface area contributed by atoms with Gasteiger partial charge in [-0.3, -0.25) is 4.79 Å². The Morgan fingerprint density at radius 1 is 1.33 bits per heavy atom. The molecule has 1 aliphatic rings. The van der Waals surface area contributed by atoms with Crippen molar-refractivity contribution in [3.05, 3.63) is 40.9 Å². The molecule has 1 aliphatic heterocycles. The lowest BCUT2D eigenvalue weighted by Gasteiger charge is -2.10. The molecule has 0 bridgehead atoms. The molecule has 0 saturated carbocycles. The highest BCUT2D eigenvalue weighted by atomic mass is 32.2. The number of carbonyl (C=O) groups excluding carboxylic acids is 1. The minimum Gasteiger partial charge on any atom is -0.352 e. The number of nitrogens with one attached hydrogen (secondary N) is 1. The summed E-state index contributed by atoms with van der Waals surface area (Å²) < 4.78 is 22.8. The first kappa shape index (κ1) is 17.1. The number of carbonyl (C=O) groups is 1. The van der Waals surface area contributed by atoms with Crippen LogP contribution in [0.25, 0.3) is 10.6 Å². The Morgan fingerprint density at radius 3 is 2.75 bits per heavy atom. The Balaban J connectivity index is 1.52. The van der Waals surface area contributed by atoms with E-state index in [0.29, 0.717) is 19.3 Å². The summed E-state index contributed by atoms with van der Waals surface area (Å²) in [6, 6.07) is 7.97. The van der Waals surface area contributed by atoms with E-state index >= 15 is 0 Å². The predicted octanol–water partition coefficient (Wildman–Crippen LogP) is 2.35. The molecule has 2 aromatic rings. The van der Waals surface area contributed by atoms with Crippen molar-refractivity contribution >= 4 is 27.1 Å². The van der Waals surface area contributed by atoms with Crippen molar-refractivity contribution < 1.29 is 13.2 Å². The van der Waals surface area contributed by atoms with Crippen LogP contribution in [0.1, 0.15) is 24.1 Å². The molecule has 0 radical (unpaired) electrons. The van der Waals surface area contributed by atoms with E-state index in [1.54, 1.807) is 11.3 Å². The molecule has 1 aromatic carbocycles. The van der Waals surface area contributed by atoms with E-state index in [1.807, 2.05) is 24.4 Å². The molecule has 3 rings (SSSR count). The van der Waals surface area contributed by atoms with Crippen LogP contribution in [0, 0.1) is 6.92 Å². The second-order valence-corrected chi connectivity index (χ2v) is 9.26. The Labute approximate surface area is 146 Å². The van der Waals surface area contributed by atoms with Crippen molar-refractivity contribution in [3.63, 3.8) is 0 Å². The molecule has 1 saturated heterocycles. The minimum absolute atomic E-state index is 0.0625. The van der Waals surface area contributed by atoms with Gasteiger partial charge in [-0.2, -0.15) is 0 Å². The lowest BCUT2D eigenvalue weighted by Crippen LogP contribution is -2.35. The SMILES string of the molecule is Cc1ccc(-c2nc(CCC(=O)NC3CCS(=O)(=O)C3)cs2)cc1. The number of rotatable bonds is 5. The van der Waals surface area contributed by atoms with Gasteiger partial charge in [-0.05, 0) is 19.8 Å². The maximum Gasteiger partial charge on any atom is 0.220 e. The normalized spacial score (nSPS) is 19.3. The first-order chi connectivity index (χ1) is 11.4. The van der Waals surface area contributed by atoms with Gasteiger partial charge < -0.3 is 5.32 Å². The molecule has 5 nitrogen and oxygen atoms in total. The van der Waals surface area contributed by atoms with E-state index in [1.165, 1.54) is 5.56 Å². The summed E-state index contributed by atoms with van der Waals surface area (Å²) in [5.41, 5.74) is 3.18. The zero-order chi connectivity index (χ0) is 17.2. The van der Waals surface area contributed by atoms with Crippen LogP contribution in [0.15, 0.2) is 29.6 Å². The predicted molar refractivity (Wildman–Crippen MR) is 95.8 cm³/mol. The fourth-order valence-electron chi connectivity index (χ4n) is 2.70. The number of nitrogens with zero attached hydrogens (tertiary/aromatic N) is 1. The lowest BCUT2D eigenvalue weighted by atomic mass is 10.1. The van der Waals surface area contributed by atoms with Crippen molar-refractivity contribution in [3.8, 4) is 10.6 Å². The molecule has 0 aliphatic carbocycles. The number of amides is 1. The molecular weight excluding hydrogens is 344 g/mol. The third-order valence-corrected chi connectivity index (χ3v) is 6.76. The van der Waals surface area contributed by atoms with Gasteiger partial charge in [-0.15, -0.1) is 11.3 Å². The number of hydrogen-bond donors (Lipinski definition) is 1. The van der Waals surface area contributed by atoms with Gasteiger partial charge in [0.2, 0.25) is 5.91 Å². The third kappa shape index (κ3) is 4.42. The summed E-state index contributed by atoms with van der Waals surface area (Å²) in [5.74, 6) is 0.124. The van der Waals surface area contributed by atoms with Gasteiger partial charge in [0, 0.05) is 23.4 Å². The third-order valence-electron chi connectivity index (χ3n) is 4.06. The summed E-state index contributed by atoms with van der Waals surface area (Å²) in [6.07, 6.45) is 1.41. The smallest absolute Gasteiger partial charge is 0.220 e. The number of hydrogen-bond acceptors (Lipinski definition) is 5. The second-order valence-electron chi connectivity index (χ2n) is 6.18. The summed E-state index contributed by atoms with van der Waals surface area (Å²) in [7, 11) is -2.96. The van der Waals surface area contributed by atoms with Crippen molar-refractivity contribution in [1.82, 2.24) is 10.3 Å². The number of benzene rings is 1. The summed E-state index contributed by atoms with van der Waals surface area (Å²) in [4.78, 5) is 16.5. The number of aryl methyl sites for hydroxylation is 2. The molecular formula is C17H20N2O3S2. The summed E-state index contributed by atoms with van der Waals surface area (Å²) >= 11 is 1.57. The largest absolute Gasteiger partial charge is 0.352 e. The van der Waals surface area contributed by atoms with Crippen molar-refractivity contribution in [2.75, 3.05) is 11.5 Å². The first-order valence-corrected chi connectivity index (χ1v) is 10.6. The van der Waals surface area contributed by atoms with Crippen molar-refractivity contribution in [1.29, 1.82) is 0 Å². The monoisotopic (exact) mass is 364 g/mol. The molecule has 24 heavy (non-hydrogen) atoms. The zero-order valence-corrected chi connectivity index (χ0v) is 15.1. The molecule has 1 atom stereocenters. The van der Waals surface area contributed by atoms with E-state index in [9.17, 15) is 13.2 Å². The minimum atomic E-state index is -2.96. The Hall–Kier alpha value is -1.73. The standard InChI is InChI=1S/C17H20N2O3S2/c1-12-2-4-13(5-3-12)17-19-14(10-23-17)6-7-16(20)18-15-8-9-24(21,22)11-15/h2-5,10,15H,6-9,11H2,1H3,(H,18,20). The molecule has 7 heteroatoms. The molecule has 128 valence electrons. The van der Waals surface area contributed by atoms with Gasteiger partial charge in [0.05, 0.1) is 17.2 Å². The lowest BCUT2D eigenvalue weighted by molar-refractivity contribution is -0.121.